The maximum absolute atomic E-state index is 13.3. The molecular formula is C15H16NOP. The van der Waals surface area contributed by atoms with Crippen LogP contribution in [0.2, 0.25) is 0 Å². The zero-order valence-electron chi connectivity index (χ0n) is 10.3. The van der Waals surface area contributed by atoms with E-state index < -0.39 is 7.14 Å². The Morgan fingerprint density at radius 1 is 0.944 bits per heavy atom. The van der Waals surface area contributed by atoms with Gasteiger partial charge in [0.05, 0.1) is 5.45 Å². The first-order valence-corrected chi connectivity index (χ1v) is 7.69. The van der Waals surface area contributed by atoms with E-state index in [1.165, 1.54) is 0 Å². The van der Waals surface area contributed by atoms with Gasteiger partial charge in [0.15, 0.2) is 7.14 Å². The van der Waals surface area contributed by atoms with Crippen molar-refractivity contribution in [3.8, 4) is 0 Å². The van der Waals surface area contributed by atoms with Crippen LogP contribution in [-0.2, 0) is 4.57 Å². The second-order valence-electron chi connectivity index (χ2n) is 4.08. The normalized spacial score (nSPS) is 11.2. The predicted molar refractivity (Wildman–Crippen MR) is 77.8 cm³/mol. The molecule has 2 aromatic rings. The van der Waals surface area contributed by atoms with E-state index >= 15 is 0 Å². The molecule has 0 radical (unpaired) electrons. The SMILES string of the molecule is CCC(=N)P(=O)(c1ccccc1)c1ccccc1. The fourth-order valence-electron chi connectivity index (χ4n) is 1.96. The highest BCUT2D eigenvalue weighted by atomic mass is 31.2. The number of benzene rings is 2. The molecule has 0 unspecified atom stereocenters. The van der Waals surface area contributed by atoms with Crippen LogP contribution in [0.1, 0.15) is 13.3 Å². The van der Waals surface area contributed by atoms with Crippen molar-refractivity contribution in [2.75, 3.05) is 0 Å². The van der Waals surface area contributed by atoms with E-state index in [0.717, 1.165) is 10.6 Å². The van der Waals surface area contributed by atoms with Gasteiger partial charge in [-0.1, -0.05) is 67.6 Å². The molecule has 92 valence electrons. The summed E-state index contributed by atoms with van der Waals surface area (Å²) < 4.78 is 13.3. The minimum Gasteiger partial charge on any atom is -0.307 e. The lowest BCUT2D eigenvalue weighted by molar-refractivity contribution is 0.593. The van der Waals surface area contributed by atoms with Gasteiger partial charge in [-0.25, -0.2) is 0 Å². The van der Waals surface area contributed by atoms with Crippen LogP contribution in [0.25, 0.3) is 0 Å². The molecule has 0 saturated carbocycles. The Labute approximate surface area is 108 Å². The first kappa shape index (κ1) is 12.8. The Bertz CT molecular complexity index is 534. The first-order chi connectivity index (χ1) is 8.69. The average Bonchev–Trinajstić information content (AvgIpc) is 2.47. The summed E-state index contributed by atoms with van der Waals surface area (Å²) in [6.07, 6.45) is 0.501. The summed E-state index contributed by atoms with van der Waals surface area (Å²) in [7, 11) is -2.93. The molecule has 2 aromatic carbocycles. The van der Waals surface area contributed by atoms with Gasteiger partial charge in [-0.2, -0.15) is 0 Å². The highest BCUT2D eigenvalue weighted by molar-refractivity contribution is 7.93. The van der Waals surface area contributed by atoms with Gasteiger partial charge in [-0.3, -0.25) is 0 Å². The van der Waals surface area contributed by atoms with E-state index in [0.29, 0.717) is 11.9 Å². The van der Waals surface area contributed by atoms with Crippen molar-refractivity contribution in [3.05, 3.63) is 60.7 Å². The number of hydrogen-bond acceptors (Lipinski definition) is 2. The maximum Gasteiger partial charge on any atom is 0.183 e. The molecule has 0 amide bonds. The summed E-state index contributed by atoms with van der Waals surface area (Å²) in [4.78, 5) is 0. The minimum absolute atomic E-state index is 0.305. The van der Waals surface area contributed by atoms with Gasteiger partial charge < -0.3 is 9.97 Å². The highest BCUT2D eigenvalue weighted by Crippen LogP contribution is 2.45. The molecular weight excluding hydrogens is 241 g/mol. The maximum atomic E-state index is 13.3. The van der Waals surface area contributed by atoms with E-state index in [1.807, 2.05) is 67.6 Å². The summed E-state index contributed by atoms with van der Waals surface area (Å²) in [5, 5.41) is 9.58. The van der Waals surface area contributed by atoms with Crippen molar-refractivity contribution in [3.63, 3.8) is 0 Å². The lowest BCUT2D eigenvalue weighted by Gasteiger charge is -2.19. The Hall–Kier alpha value is -1.66. The van der Waals surface area contributed by atoms with Crippen LogP contribution in [0.3, 0.4) is 0 Å². The molecule has 3 heteroatoms. The van der Waals surface area contributed by atoms with Crippen molar-refractivity contribution < 1.29 is 4.57 Å². The highest BCUT2D eigenvalue weighted by Gasteiger charge is 2.30. The van der Waals surface area contributed by atoms with Crippen LogP contribution >= 0.6 is 7.14 Å². The molecule has 2 nitrogen and oxygen atoms in total. The Morgan fingerprint density at radius 3 is 1.67 bits per heavy atom. The van der Waals surface area contributed by atoms with Crippen LogP contribution in [0, 0.1) is 5.41 Å². The van der Waals surface area contributed by atoms with Gasteiger partial charge in [-0.05, 0) is 6.42 Å². The van der Waals surface area contributed by atoms with E-state index in [4.69, 9.17) is 5.41 Å². The lowest BCUT2D eigenvalue weighted by atomic mass is 10.4. The van der Waals surface area contributed by atoms with Crippen molar-refractivity contribution in [1.29, 1.82) is 5.41 Å². The van der Waals surface area contributed by atoms with Gasteiger partial charge in [0.2, 0.25) is 0 Å². The summed E-state index contributed by atoms with van der Waals surface area (Å²) in [5.74, 6) is 0. The first-order valence-electron chi connectivity index (χ1n) is 5.99. The van der Waals surface area contributed by atoms with Crippen LogP contribution in [0.4, 0.5) is 0 Å². The van der Waals surface area contributed by atoms with Crippen molar-refractivity contribution in [2.24, 2.45) is 0 Å². The van der Waals surface area contributed by atoms with E-state index in [9.17, 15) is 4.57 Å². The molecule has 0 heterocycles. The smallest absolute Gasteiger partial charge is 0.183 e. The van der Waals surface area contributed by atoms with Crippen LogP contribution in [-0.4, -0.2) is 5.45 Å². The number of nitrogens with one attached hydrogen (secondary N) is 1. The molecule has 2 rings (SSSR count). The second kappa shape index (κ2) is 5.32. The zero-order valence-corrected chi connectivity index (χ0v) is 11.2. The second-order valence-corrected chi connectivity index (χ2v) is 6.87. The Kier molecular flexibility index (Phi) is 3.78. The van der Waals surface area contributed by atoms with Crippen molar-refractivity contribution in [2.45, 2.75) is 13.3 Å². The number of rotatable bonds is 4. The predicted octanol–water partition coefficient (Wildman–Crippen LogP) is 3.39. The van der Waals surface area contributed by atoms with E-state index in [-0.39, 0.29) is 0 Å². The van der Waals surface area contributed by atoms with Gasteiger partial charge >= 0.3 is 0 Å². The van der Waals surface area contributed by atoms with E-state index in [1.54, 1.807) is 0 Å². The molecule has 0 aliphatic heterocycles. The molecule has 0 aromatic heterocycles. The van der Waals surface area contributed by atoms with Crippen LogP contribution in [0.5, 0.6) is 0 Å². The summed E-state index contributed by atoms with van der Waals surface area (Å²) >= 11 is 0. The van der Waals surface area contributed by atoms with Gasteiger partial charge in [0.1, 0.15) is 0 Å². The fourth-order valence-corrected chi connectivity index (χ4v) is 4.51. The molecule has 0 aliphatic rings. The van der Waals surface area contributed by atoms with Crippen LogP contribution in [0.15, 0.2) is 60.7 Å². The molecule has 0 atom stereocenters. The average molecular weight is 257 g/mol. The number of hydrogen-bond donors (Lipinski definition) is 1. The fraction of sp³-hybridized carbons (Fsp3) is 0.133. The lowest BCUT2D eigenvalue weighted by Crippen LogP contribution is -2.21. The molecule has 0 aliphatic carbocycles. The largest absolute Gasteiger partial charge is 0.307 e. The summed E-state index contributed by atoms with van der Waals surface area (Å²) in [5.41, 5.74) is 0.305. The molecule has 1 N–H and O–H groups in total. The summed E-state index contributed by atoms with van der Waals surface area (Å²) in [6, 6.07) is 18.7. The van der Waals surface area contributed by atoms with Crippen LogP contribution < -0.4 is 10.6 Å². The third kappa shape index (κ3) is 2.16. The minimum atomic E-state index is -2.93. The molecule has 0 saturated heterocycles. The van der Waals surface area contributed by atoms with Gasteiger partial charge in [0, 0.05) is 10.6 Å². The molecule has 0 bridgehead atoms. The van der Waals surface area contributed by atoms with Gasteiger partial charge in [0.25, 0.3) is 0 Å². The molecule has 18 heavy (non-hydrogen) atoms. The monoisotopic (exact) mass is 257 g/mol. The summed E-state index contributed by atoms with van der Waals surface area (Å²) in [6.45, 7) is 1.88. The standard InChI is InChI=1S/C15H16NOP/c1-2-15(16)18(17,13-9-5-3-6-10-13)14-11-7-4-8-12-14/h3-12,16H,2H2,1H3. The zero-order chi connectivity index (χ0) is 13.0. The van der Waals surface area contributed by atoms with Crippen molar-refractivity contribution in [1.82, 2.24) is 0 Å². The Morgan fingerprint density at radius 2 is 1.33 bits per heavy atom. The Balaban J connectivity index is 2.63. The quantitative estimate of drug-likeness (QED) is 0.662. The van der Waals surface area contributed by atoms with Gasteiger partial charge in [-0.15, -0.1) is 0 Å². The molecule has 0 fully saturated rings. The topological polar surface area (TPSA) is 40.9 Å². The third-order valence-electron chi connectivity index (χ3n) is 2.95. The molecule has 0 spiro atoms. The third-order valence-corrected chi connectivity index (χ3v) is 6.08. The van der Waals surface area contributed by atoms with E-state index in [2.05, 4.69) is 0 Å². The van der Waals surface area contributed by atoms with Crippen molar-refractivity contribution >= 4 is 23.2 Å².